The molecule has 176 valence electrons. The molecular formula is C23H22N4O6S. The Morgan fingerprint density at radius 1 is 1.21 bits per heavy atom. The third-order valence-corrected chi connectivity index (χ3v) is 5.99. The first-order chi connectivity index (χ1) is 16.5. The van der Waals surface area contributed by atoms with Crippen molar-refractivity contribution < 1.29 is 18.7 Å². The fourth-order valence-electron chi connectivity index (χ4n) is 3.30. The number of rotatable bonds is 9. The minimum atomic E-state index is -0.693. The number of amides is 1. The van der Waals surface area contributed by atoms with E-state index in [0.717, 1.165) is 27.0 Å². The van der Waals surface area contributed by atoms with Gasteiger partial charge in [0, 0.05) is 30.1 Å². The summed E-state index contributed by atoms with van der Waals surface area (Å²) in [5.74, 6) is 1.10. The molecule has 0 radical (unpaired) electrons. The number of carbonyl (C=O) groups excluding carboxylic acids is 1. The van der Waals surface area contributed by atoms with Gasteiger partial charge in [-0.1, -0.05) is 0 Å². The molecule has 0 bridgehead atoms. The number of nitrogens with zero attached hydrogens (tertiary/aromatic N) is 2. The van der Waals surface area contributed by atoms with Crippen molar-refractivity contribution in [3.63, 3.8) is 0 Å². The van der Waals surface area contributed by atoms with E-state index in [4.69, 9.17) is 13.9 Å². The molecule has 4 rings (SSSR count). The third-order valence-electron chi connectivity index (χ3n) is 5.05. The molecule has 0 saturated carbocycles. The predicted octanol–water partition coefficient (Wildman–Crippen LogP) is 2.29. The normalized spacial score (nSPS) is 10.8. The van der Waals surface area contributed by atoms with Gasteiger partial charge in [0.1, 0.15) is 16.3 Å². The molecule has 4 aromatic rings. The molecule has 10 nitrogen and oxygen atoms in total. The van der Waals surface area contributed by atoms with Crippen LogP contribution in [0.3, 0.4) is 0 Å². The highest BCUT2D eigenvalue weighted by atomic mass is 32.1. The maximum atomic E-state index is 12.7. The summed E-state index contributed by atoms with van der Waals surface area (Å²) in [6.45, 7) is 0.199. The van der Waals surface area contributed by atoms with Crippen molar-refractivity contribution >= 4 is 17.2 Å². The smallest absolute Gasteiger partial charge is 0.328 e. The van der Waals surface area contributed by atoms with E-state index in [1.165, 1.54) is 17.6 Å². The lowest BCUT2D eigenvalue weighted by Gasteiger charge is -2.08. The van der Waals surface area contributed by atoms with E-state index < -0.39 is 17.2 Å². The van der Waals surface area contributed by atoms with E-state index >= 15 is 0 Å². The van der Waals surface area contributed by atoms with Crippen molar-refractivity contribution in [2.45, 2.75) is 13.0 Å². The van der Waals surface area contributed by atoms with Gasteiger partial charge < -0.3 is 24.2 Å². The van der Waals surface area contributed by atoms with Gasteiger partial charge in [0.2, 0.25) is 0 Å². The monoisotopic (exact) mass is 482 g/mol. The fraction of sp³-hybridized carbons (Fsp3) is 0.217. The molecule has 1 aromatic carbocycles. The minimum absolute atomic E-state index is 0.0694. The molecule has 3 heterocycles. The molecule has 0 fully saturated rings. The number of aromatic nitrogens is 3. The zero-order chi connectivity index (χ0) is 24.1. The van der Waals surface area contributed by atoms with E-state index in [2.05, 4.69) is 15.3 Å². The average Bonchev–Trinajstić information content (AvgIpc) is 3.53. The highest BCUT2D eigenvalue weighted by Crippen LogP contribution is 2.33. The number of hydrogen-bond acceptors (Lipinski definition) is 8. The Morgan fingerprint density at radius 2 is 2.03 bits per heavy atom. The first-order valence-corrected chi connectivity index (χ1v) is 11.2. The summed E-state index contributed by atoms with van der Waals surface area (Å²) in [4.78, 5) is 44.3. The number of benzene rings is 1. The summed E-state index contributed by atoms with van der Waals surface area (Å²) in [6.07, 6.45) is 3.04. The van der Waals surface area contributed by atoms with Crippen molar-refractivity contribution in [3.8, 4) is 22.1 Å². The quantitative estimate of drug-likeness (QED) is 0.375. The van der Waals surface area contributed by atoms with Gasteiger partial charge in [-0.3, -0.25) is 14.2 Å². The van der Waals surface area contributed by atoms with Crippen LogP contribution in [0.5, 0.6) is 11.5 Å². The number of hydrogen-bond donors (Lipinski definition) is 2. The van der Waals surface area contributed by atoms with Crippen molar-refractivity contribution in [1.29, 1.82) is 0 Å². The number of nitrogens with one attached hydrogen (secondary N) is 2. The van der Waals surface area contributed by atoms with Crippen LogP contribution in [0.25, 0.3) is 10.6 Å². The number of carbonyl (C=O) groups is 1. The van der Waals surface area contributed by atoms with Gasteiger partial charge in [-0.05, 0) is 30.3 Å². The highest BCUT2D eigenvalue weighted by Gasteiger charge is 2.16. The maximum Gasteiger partial charge on any atom is 0.328 e. The first-order valence-electron chi connectivity index (χ1n) is 10.3. The molecule has 0 atom stereocenters. The van der Waals surface area contributed by atoms with E-state index in [0.29, 0.717) is 23.7 Å². The zero-order valence-corrected chi connectivity index (χ0v) is 19.3. The van der Waals surface area contributed by atoms with Crippen LogP contribution in [0.15, 0.2) is 62.2 Å². The highest BCUT2D eigenvalue weighted by molar-refractivity contribution is 7.13. The second kappa shape index (κ2) is 10.2. The molecule has 3 aromatic heterocycles. The Kier molecular flexibility index (Phi) is 6.93. The number of aromatic amines is 1. The summed E-state index contributed by atoms with van der Waals surface area (Å²) in [5.41, 5.74) is 0.218. The molecule has 11 heteroatoms. The number of furan rings is 1. The van der Waals surface area contributed by atoms with Crippen molar-refractivity contribution in [2.75, 3.05) is 20.8 Å². The van der Waals surface area contributed by atoms with Crippen molar-refractivity contribution in [2.24, 2.45) is 0 Å². The SMILES string of the molecule is COc1ccc(-c2nc(CCNC(=O)c3c[nH]c(=O)n(Cc4ccco4)c3=O)cs2)cc1OC. The van der Waals surface area contributed by atoms with E-state index in [1.54, 1.807) is 26.4 Å². The Balaban J connectivity index is 1.40. The first kappa shape index (κ1) is 23.1. The molecule has 2 N–H and O–H groups in total. The number of H-pyrrole nitrogens is 1. The van der Waals surface area contributed by atoms with Gasteiger partial charge in [0.15, 0.2) is 11.5 Å². The number of methoxy groups -OCH3 is 2. The number of thiazole rings is 1. The van der Waals surface area contributed by atoms with Crippen LogP contribution in [0, 0.1) is 0 Å². The van der Waals surface area contributed by atoms with Crippen LogP contribution in [0.2, 0.25) is 0 Å². The van der Waals surface area contributed by atoms with Gasteiger partial charge in [0.05, 0.1) is 32.7 Å². The van der Waals surface area contributed by atoms with Gasteiger partial charge in [-0.2, -0.15) is 0 Å². The minimum Gasteiger partial charge on any atom is -0.493 e. The van der Waals surface area contributed by atoms with E-state index in [1.807, 2.05) is 23.6 Å². The van der Waals surface area contributed by atoms with Gasteiger partial charge in [-0.25, -0.2) is 9.78 Å². The summed E-state index contributed by atoms with van der Waals surface area (Å²) in [5, 5.41) is 5.43. The molecule has 1 amide bonds. The van der Waals surface area contributed by atoms with Gasteiger partial charge in [0.25, 0.3) is 11.5 Å². The van der Waals surface area contributed by atoms with Crippen LogP contribution in [0.1, 0.15) is 21.8 Å². The third kappa shape index (κ3) is 4.94. The Morgan fingerprint density at radius 3 is 2.76 bits per heavy atom. The molecule has 0 aliphatic heterocycles. The fourth-order valence-corrected chi connectivity index (χ4v) is 4.15. The van der Waals surface area contributed by atoms with Crippen LogP contribution >= 0.6 is 11.3 Å². The molecule has 0 aliphatic carbocycles. The molecule has 34 heavy (non-hydrogen) atoms. The number of ether oxygens (including phenoxy) is 2. The second-order valence-corrected chi connectivity index (χ2v) is 8.06. The van der Waals surface area contributed by atoms with Crippen LogP contribution in [-0.2, 0) is 13.0 Å². The average molecular weight is 483 g/mol. The Labute approximate surface area is 197 Å². The Bertz CT molecular complexity index is 1400. The summed E-state index contributed by atoms with van der Waals surface area (Å²) in [7, 11) is 3.15. The Hall–Kier alpha value is -4.12. The van der Waals surface area contributed by atoms with Gasteiger partial charge >= 0.3 is 5.69 Å². The van der Waals surface area contributed by atoms with Crippen molar-refractivity contribution in [3.05, 3.63) is 86.0 Å². The second-order valence-electron chi connectivity index (χ2n) is 7.20. The molecule has 0 spiro atoms. The zero-order valence-electron chi connectivity index (χ0n) is 18.5. The van der Waals surface area contributed by atoms with Crippen LogP contribution in [0.4, 0.5) is 0 Å². The summed E-state index contributed by atoms with van der Waals surface area (Å²) in [6, 6.07) is 8.87. The maximum absolute atomic E-state index is 12.7. The lowest BCUT2D eigenvalue weighted by atomic mass is 10.2. The molecule has 0 saturated heterocycles. The van der Waals surface area contributed by atoms with Crippen molar-refractivity contribution in [1.82, 2.24) is 19.9 Å². The molecular weight excluding hydrogens is 460 g/mol. The van der Waals surface area contributed by atoms with E-state index in [9.17, 15) is 14.4 Å². The standard InChI is InChI=1S/C23H22N4O6S/c1-31-18-6-5-14(10-19(18)32-2)21-26-15(13-34-21)7-8-24-20(28)17-11-25-23(30)27(22(17)29)12-16-4-3-9-33-16/h3-6,9-11,13H,7-8,12H2,1-2H3,(H,24,28)(H,25,30). The van der Waals surface area contributed by atoms with Crippen LogP contribution < -0.4 is 26.0 Å². The predicted molar refractivity (Wildman–Crippen MR) is 126 cm³/mol. The topological polar surface area (TPSA) is 128 Å². The molecule has 0 unspecified atom stereocenters. The summed E-state index contributed by atoms with van der Waals surface area (Å²) >= 11 is 1.48. The van der Waals surface area contributed by atoms with Gasteiger partial charge in [-0.15, -0.1) is 11.3 Å². The largest absolute Gasteiger partial charge is 0.493 e. The summed E-state index contributed by atoms with van der Waals surface area (Å²) < 4.78 is 16.7. The van der Waals surface area contributed by atoms with Crippen LogP contribution in [-0.4, -0.2) is 41.2 Å². The lowest BCUT2D eigenvalue weighted by molar-refractivity contribution is 0.0951. The van der Waals surface area contributed by atoms with E-state index in [-0.39, 0.29) is 18.7 Å². The molecule has 0 aliphatic rings. The lowest BCUT2D eigenvalue weighted by Crippen LogP contribution is -2.41.